The number of amides is 1. The number of aromatic nitrogens is 1. The topological polar surface area (TPSA) is 116 Å². The van der Waals surface area contributed by atoms with Crippen molar-refractivity contribution in [1.82, 2.24) is 4.98 Å². The normalized spacial score (nSPS) is 13.7. The minimum absolute atomic E-state index is 0.0196. The van der Waals surface area contributed by atoms with Crippen LogP contribution in [-0.2, 0) is 10.3 Å². The Morgan fingerprint density at radius 1 is 1.41 bits per heavy atom. The smallest absolute Gasteiger partial charge is 0.292 e. The summed E-state index contributed by atoms with van der Waals surface area (Å²) < 4.78 is 54.0. The fraction of sp³-hybridized carbons (Fsp3) is 0.368. The molecule has 0 spiro atoms. The number of nitrogens with zero attached hydrogens (tertiary/aromatic N) is 1. The minimum Gasteiger partial charge on any atom is -0.448 e. The number of halogens is 3. The number of benzene rings is 1. The van der Waals surface area contributed by atoms with Crippen LogP contribution in [0, 0.1) is 12.7 Å². The average molecular weight is 412 g/mol. The molecule has 0 unspecified atom stereocenters. The second-order valence-corrected chi connectivity index (χ2v) is 6.59. The Labute approximate surface area is 165 Å². The third-order valence-electron chi connectivity index (χ3n) is 4.45. The van der Waals surface area contributed by atoms with Gasteiger partial charge in [0, 0.05) is 16.9 Å². The van der Waals surface area contributed by atoms with E-state index in [9.17, 15) is 18.0 Å². The standard InChI is InChI=1S/C19H23F3N4O3/c1-4-18(24,19(21,22)9-28-8-11(2)23)14-7-13(5-6-15(14)20)26-17(27)16-12(3)29-10-25-16/h5-7,10H,2,4,8-9,23-24H2,1,3H3,(H,26,27)/t18-/m1/s1. The molecule has 5 N–H and O–H groups in total. The van der Waals surface area contributed by atoms with Gasteiger partial charge in [0.05, 0.1) is 6.61 Å². The molecule has 1 amide bonds. The van der Waals surface area contributed by atoms with Gasteiger partial charge in [0.2, 0.25) is 0 Å². The maximum Gasteiger partial charge on any atom is 0.292 e. The number of nitrogens with two attached hydrogens (primary N) is 2. The number of ether oxygens (including phenoxy) is 1. The van der Waals surface area contributed by atoms with Crippen molar-refractivity contribution in [2.24, 2.45) is 11.5 Å². The molecule has 10 heteroatoms. The zero-order chi connectivity index (χ0) is 21.8. The number of rotatable bonds is 9. The molecule has 0 aliphatic carbocycles. The number of carbonyl (C=O) groups excluding carboxylic acids is 1. The molecular weight excluding hydrogens is 389 g/mol. The highest BCUT2D eigenvalue weighted by Crippen LogP contribution is 2.40. The third-order valence-corrected chi connectivity index (χ3v) is 4.45. The molecule has 158 valence electrons. The number of hydrogen-bond donors (Lipinski definition) is 3. The van der Waals surface area contributed by atoms with Crippen molar-refractivity contribution in [3.63, 3.8) is 0 Å². The second-order valence-electron chi connectivity index (χ2n) is 6.59. The molecule has 0 saturated carbocycles. The van der Waals surface area contributed by atoms with Crippen LogP contribution in [-0.4, -0.2) is 30.0 Å². The summed E-state index contributed by atoms with van der Waals surface area (Å²) in [6.07, 6.45) is 0.794. The highest BCUT2D eigenvalue weighted by Gasteiger charge is 2.52. The van der Waals surface area contributed by atoms with E-state index in [0.717, 1.165) is 18.5 Å². The van der Waals surface area contributed by atoms with Gasteiger partial charge in [-0.2, -0.15) is 0 Å². The molecule has 0 saturated heterocycles. The van der Waals surface area contributed by atoms with E-state index in [0.29, 0.717) is 0 Å². The number of anilines is 1. The van der Waals surface area contributed by atoms with Gasteiger partial charge in [0.1, 0.15) is 23.7 Å². The monoisotopic (exact) mass is 412 g/mol. The van der Waals surface area contributed by atoms with Crippen molar-refractivity contribution in [3.05, 3.63) is 59.7 Å². The number of alkyl halides is 2. The summed E-state index contributed by atoms with van der Waals surface area (Å²) in [4.78, 5) is 16.0. The molecular formula is C19H23F3N4O3. The number of nitrogens with one attached hydrogen (secondary N) is 1. The van der Waals surface area contributed by atoms with Crippen LogP contribution in [0.15, 0.2) is 41.3 Å². The SMILES string of the molecule is C=C(N)COCC(F)(F)[C@@](N)(CC)c1cc(NC(=O)c2ncoc2C)ccc1F. The summed E-state index contributed by atoms with van der Waals surface area (Å²) in [6.45, 7) is 4.93. The third kappa shape index (κ3) is 4.77. The Morgan fingerprint density at radius 3 is 2.66 bits per heavy atom. The van der Waals surface area contributed by atoms with Crippen LogP contribution in [0.2, 0.25) is 0 Å². The first kappa shape index (κ1) is 22.4. The van der Waals surface area contributed by atoms with E-state index in [1.807, 2.05) is 0 Å². The fourth-order valence-electron chi connectivity index (χ4n) is 2.74. The van der Waals surface area contributed by atoms with Gasteiger partial charge < -0.3 is 25.9 Å². The molecule has 1 aromatic heterocycles. The summed E-state index contributed by atoms with van der Waals surface area (Å²) in [6, 6.07) is 3.26. The molecule has 2 rings (SSSR count). The van der Waals surface area contributed by atoms with E-state index in [2.05, 4.69) is 16.9 Å². The lowest BCUT2D eigenvalue weighted by atomic mass is 9.81. The van der Waals surface area contributed by atoms with Crippen LogP contribution in [0.5, 0.6) is 0 Å². The molecule has 1 aromatic carbocycles. The lowest BCUT2D eigenvalue weighted by Crippen LogP contribution is -2.55. The van der Waals surface area contributed by atoms with Gasteiger partial charge in [0.15, 0.2) is 12.1 Å². The maximum atomic E-state index is 14.9. The van der Waals surface area contributed by atoms with Crippen molar-refractivity contribution < 1.29 is 27.1 Å². The highest BCUT2D eigenvalue weighted by atomic mass is 19.3. The van der Waals surface area contributed by atoms with Gasteiger partial charge in [0.25, 0.3) is 11.8 Å². The lowest BCUT2D eigenvalue weighted by molar-refractivity contribution is -0.131. The summed E-state index contributed by atoms with van der Waals surface area (Å²) in [5, 5.41) is 2.47. The zero-order valence-corrected chi connectivity index (χ0v) is 16.1. The van der Waals surface area contributed by atoms with Crippen LogP contribution in [0.25, 0.3) is 0 Å². The zero-order valence-electron chi connectivity index (χ0n) is 16.1. The molecule has 0 aliphatic rings. The first-order chi connectivity index (χ1) is 13.5. The highest BCUT2D eigenvalue weighted by molar-refractivity contribution is 6.03. The molecule has 7 nitrogen and oxygen atoms in total. The quantitative estimate of drug-likeness (QED) is 0.583. The molecule has 29 heavy (non-hydrogen) atoms. The average Bonchev–Trinajstić information content (AvgIpc) is 3.08. The summed E-state index contributed by atoms with van der Waals surface area (Å²) >= 11 is 0. The predicted molar refractivity (Wildman–Crippen MR) is 101 cm³/mol. The van der Waals surface area contributed by atoms with Crippen LogP contribution >= 0.6 is 0 Å². The number of hydrogen-bond acceptors (Lipinski definition) is 6. The first-order valence-corrected chi connectivity index (χ1v) is 8.71. The van der Waals surface area contributed by atoms with Crippen LogP contribution < -0.4 is 16.8 Å². The Hall–Kier alpha value is -2.85. The minimum atomic E-state index is -3.64. The van der Waals surface area contributed by atoms with Crippen molar-refractivity contribution in [2.45, 2.75) is 31.7 Å². The Kier molecular flexibility index (Phi) is 6.70. The van der Waals surface area contributed by atoms with Gasteiger partial charge >= 0.3 is 0 Å². The van der Waals surface area contributed by atoms with Gasteiger partial charge in [-0.05, 0) is 31.5 Å². The summed E-state index contributed by atoms with van der Waals surface area (Å²) in [7, 11) is 0. The van der Waals surface area contributed by atoms with Crippen LogP contribution in [0.4, 0.5) is 18.9 Å². The molecule has 1 heterocycles. The van der Waals surface area contributed by atoms with E-state index in [1.165, 1.54) is 19.9 Å². The van der Waals surface area contributed by atoms with E-state index in [-0.39, 0.29) is 35.9 Å². The van der Waals surface area contributed by atoms with Gasteiger partial charge in [-0.3, -0.25) is 4.79 Å². The van der Waals surface area contributed by atoms with Gasteiger partial charge in [-0.1, -0.05) is 13.5 Å². The summed E-state index contributed by atoms with van der Waals surface area (Å²) in [5.41, 5.74) is 8.58. The number of carbonyl (C=O) groups is 1. The van der Waals surface area contributed by atoms with Crippen LogP contribution in [0.3, 0.4) is 0 Å². The van der Waals surface area contributed by atoms with Crippen molar-refractivity contribution >= 4 is 11.6 Å². The Morgan fingerprint density at radius 2 is 2.10 bits per heavy atom. The van der Waals surface area contributed by atoms with Gasteiger partial charge in [-0.15, -0.1) is 0 Å². The number of aryl methyl sites for hydroxylation is 1. The lowest BCUT2D eigenvalue weighted by Gasteiger charge is -2.37. The second kappa shape index (κ2) is 8.66. The summed E-state index contributed by atoms with van der Waals surface area (Å²) in [5.74, 6) is -4.93. The molecule has 0 radical (unpaired) electrons. The van der Waals surface area contributed by atoms with E-state index in [1.54, 1.807) is 0 Å². The van der Waals surface area contributed by atoms with Crippen molar-refractivity contribution in [1.29, 1.82) is 0 Å². The molecule has 0 aliphatic heterocycles. The molecule has 2 aromatic rings. The van der Waals surface area contributed by atoms with E-state index in [4.69, 9.17) is 20.6 Å². The van der Waals surface area contributed by atoms with Crippen LogP contribution in [0.1, 0.15) is 35.2 Å². The predicted octanol–water partition coefficient (Wildman–Crippen LogP) is 3.06. The first-order valence-electron chi connectivity index (χ1n) is 8.71. The molecule has 0 bridgehead atoms. The molecule has 0 fully saturated rings. The van der Waals surface area contributed by atoms with Crippen molar-refractivity contribution in [2.75, 3.05) is 18.5 Å². The van der Waals surface area contributed by atoms with Gasteiger partial charge in [-0.25, -0.2) is 18.2 Å². The largest absolute Gasteiger partial charge is 0.448 e. The van der Waals surface area contributed by atoms with Crippen molar-refractivity contribution in [3.8, 4) is 0 Å². The molecule has 1 atom stereocenters. The Balaban J connectivity index is 2.33. The maximum absolute atomic E-state index is 14.9. The number of oxazole rings is 1. The van der Waals surface area contributed by atoms with E-state index < -0.39 is 35.4 Å². The van der Waals surface area contributed by atoms with E-state index >= 15 is 0 Å². The Bertz CT molecular complexity index is 901. The fourth-order valence-corrected chi connectivity index (χ4v) is 2.74.